The second-order valence-electron chi connectivity index (χ2n) is 10.5. The van der Waals surface area contributed by atoms with Crippen molar-refractivity contribution in [3.63, 3.8) is 0 Å². The minimum Gasteiger partial charge on any atom is -0.447 e. The number of alkyl halides is 3. The average Bonchev–Trinajstić information content (AvgIpc) is 3.32. The minimum absolute atomic E-state index is 0.0398. The second-order valence-corrected chi connectivity index (χ2v) is 10.5. The highest BCUT2D eigenvalue weighted by Crippen LogP contribution is 2.32. The first-order valence-electron chi connectivity index (χ1n) is 14.6. The second kappa shape index (κ2) is 17.9. The fourth-order valence-corrected chi connectivity index (χ4v) is 4.80. The first-order valence-corrected chi connectivity index (χ1v) is 14.6. The molecular weight excluding hydrogens is 543 g/mol. The van der Waals surface area contributed by atoms with E-state index >= 15 is 0 Å². The lowest BCUT2D eigenvalue weighted by atomic mass is 10.1. The van der Waals surface area contributed by atoms with Gasteiger partial charge in [-0.2, -0.15) is 13.2 Å². The van der Waals surface area contributed by atoms with Gasteiger partial charge in [0.2, 0.25) is 0 Å². The molecule has 1 amide bonds. The van der Waals surface area contributed by atoms with Crippen LogP contribution in [-0.4, -0.2) is 59.6 Å². The molecule has 1 aliphatic rings. The summed E-state index contributed by atoms with van der Waals surface area (Å²) in [6.45, 7) is 2.38. The third kappa shape index (κ3) is 11.9. The third-order valence-corrected chi connectivity index (χ3v) is 7.17. The molecule has 1 aliphatic heterocycles. The van der Waals surface area contributed by atoms with Gasteiger partial charge in [0.25, 0.3) is 5.56 Å². The van der Waals surface area contributed by atoms with Gasteiger partial charge < -0.3 is 19.1 Å². The van der Waals surface area contributed by atoms with E-state index in [9.17, 15) is 27.6 Å². The smallest absolute Gasteiger partial charge is 0.423 e. The van der Waals surface area contributed by atoms with Crippen molar-refractivity contribution < 1.29 is 32.2 Å². The molecule has 1 saturated heterocycles. The van der Waals surface area contributed by atoms with Crippen LogP contribution in [0.3, 0.4) is 0 Å². The van der Waals surface area contributed by atoms with Gasteiger partial charge in [-0.05, 0) is 6.42 Å². The number of nitrogens with zero attached hydrogens (tertiary/aromatic N) is 2. The Labute approximate surface area is 239 Å². The predicted octanol–water partition coefficient (Wildman–Crippen LogP) is 5.63. The van der Waals surface area contributed by atoms with Crippen LogP contribution in [0.4, 0.5) is 18.0 Å². The number of amides is 1. The Kier molecular flexibility index (Phi) is 15.0. The number of hydrogen-bond donors (Lipinski definition) is 1. The van der Waals surface area contributed by atoms with Gasteiger partial charge in [-0.25, -0.2) is 9.59 Å². The number of hydrogen-bond acceptors (Lipinski definition) is 6. The van der Waals surface area contributed by atoms with E-state index in [0.29, 0.717) is 17.3 Å². The number of rotatable bonds is 18. The van der Waals surface area contributed by atoms with Gasteiger partial charge in [-0.15, -0.1) is 6.42 Å². The van der Waals surface area contributed by atoms with Crippen LogP contribution in [0.25, 0.3) is 0 Å². The molecule has 232 valence electrons. The zero-order chi connectivity index (χ0) is 30.3. The number of aromatic nitrogens is 2. The summed E-state index contributed by atoms with van der Waals surface area (Å²) in [5.41, 5.74) is -4.14. The molecule has 0 radical (unpaired) electrons. The van der Waals surface area contributed by atoms with Crippen LogP contribution in [0.2, 0.25) is 0 Å². The maximum absolute atomic E-state index is 13.2. The topological polar surface area (TPSA) is 103 Å². The van der Waals surface area contributed by atoms with E-state index in [0.717, 1.165) is 19.3 Å². The van der Waals surface area contributed by atoms with Gasteiger partial charge in [0.05, 0.1) is 6.10 Å². The third-order valence-electron chi connectivity index (χ3n) is 7.17. The number of carbonyl (C=O) groups excluding carboxylic acids is 1. The summed E-state index contributed by atoms with van der Waals surface area (Å²) in [6.07, 6.45) is 11.8. The zero-order valence-corrected chi connectivity index (χ0v) is 24.2. The van der Waals surface area contributed by atoms with E-state index in [-0.39, 0.29) is 19.6 Å². The predicted molar refractivity (Wildman–Crippen MR) is 148 cm³/mol. The Balaban J connectivity index is 1.77. The van der Waals surface area contributed by atoms with E-state index < -0.39 is 47.5 Å². The van der Waals surface area contributed by atoms with E-state index in [2.05, 4.69) is 12.8 Å². The van der Waals surface area contributed by atoms with Gasteiger partial charge in [0, 0.05) is 26.2 Å². The molecule has 3 atom stereocenters. The van der Waals surface area contributed by atoms with Crippen LogP contribution in [-0.2, 0) is 20.4 Å². The first-order chi connectivity index (χ1) is 19.6. The molecule has 2 heterocycles. The lowest BCUT2D eigenvalue weighted by Gasteiger charge is -2.21. The van der Waals surface area contributed by atoms with Crippen LogP contribution in [0.15, 0.2) is 15.8 Å². The van der Waals surface area contributed by atoms with Gasteiger partial charge in [-0.3, -0.25) is 14.3 Å². The van der Waals surface area contributed by atoms with Gasteiger partial charge >= 0.3 is 18.0 Å². The molecule has 1 N–H and O–H groups in total. The first kappa shape index (κ1) is 34.4. The maximum Gasteiger partial charge on any atom is 0.423 e. The molecule has 0 saturated carbocycles. The molecule has 1 fully saturated rings. The Morgan fingerprint density at radius 2 is 1.68 bits per heavy atom. The van der Waals surface area contributed by atoms with E-state index in [1.165, 1.54) is 62.7 Å². The minimum atomic E-state index is -4.96. The highest BCUT2D eigenvalue weighted by atomic mass is 19.4. The molecule has 0 unspecified atom stereocenters. The number of aromatic amines is 1. The van der Waals surface area contributed by atoms with Gasteiger partial charge in [0.15, 0.2) is 0 Å². The van der Waals surface area contributed by atoms with Crippen molar-refractivity contribution in [3.8, 4) is 12.3 Å². The highest BCUT2D eigenvalue weighted by molar-refractivity contribution is 5.67. The van der Waals surface area contributed by atoms with Crippen LogP contribution in [0.5, 0.6) is 0 Å². The van der Waals surface area contributed by atoms with Crippen molar-refractivity contribution in [2.75, 3.05) is 26.8 Å². The highest BCUT2D eigenvalue weighted by Gasteiger charge is 2.40. The summed E-state index contributed by atoms with van der Waals surface area (Å²) < 4.78 is 56.9. The SMILES string of the molecule is C#CCO[C@H]1C[C@H](n2cc(C(F)(F)F)c(=O)[nH]c2=O)O[C@@H]1COC(=O)N(C)CCCCCCCCCCCCCC. The summed E-state index contributed by atoms with van der Waals surface area (Å²) in [5.74, 6) is 2.30. The molecule has 1 aromatic heterocycles. The number of halogens is 3. The molecule has 41 heavy (non-hydrogen) atoms. The van der Waals surface area contributed by atoms with Crippen LogP contribution in [0.1, 0.15) is 102 Å². The van der Waals surface area contributed by atoms with Crippen molar-refractivity contribution in [3.05, 3.63) is 32.6 Å². The Bertz CT molecular complexity index is 1080. The summed E-state index contributed by atoms with van der Waals surface area (Å²) in [7, 11) is 1.63. The molecule has 0 bridgehead atoms. The summed E-state index contributed by atoms with van der Waals surface area (Å²) in [4.78, 5) is 39.5. The number of carbonyl (C=O) groups is 1. The van der Waals surface area contributed by atoms with Gasteiger partial charge in [-0.1, -0.05) is 83.5 Å². The largest absolute Gasteiger partial charge is 0.447 e. The number of unbranched alkanes of at least 4 members (excludes halogenated alkanes) is 11. The van der Waals surface area contributed by atoms with Crippen LogP contribution < -0.4 is 11.2 Å². The quantitative estimate of drug-likeness (QED) is 0.176. The molecule has 1 aromatic rings. The molecule has 0 spiro atoms. The summed E-state index contributed by atoms with van der Waals surface area (Å²) >= 11 is 0. The average molecular weight is 588 g/mol. The fraction of sp³-hybridized carbons (Fsp3) is 0.759. The molecular formula is C29H44F3N3O6. The Hall–Kier alpha value is -2.78. The lowest BCUT2D eigenvalue weighted by molar-refractivity contribution is -0.139. The summed E-state index contributed by atoms with van der Waals surface area (Å²) in [6, 6.07) is 0. The van der Waals surface area contributed by atoms with Crippen molar-refractivity contribution in [2.45, 2.75) is 115 Å². The van der Waals surface area contributed by atoms with Crippen LogP contribution in [0, 0.1) is 12.3 Å². The molecule has 9 nitrogen and oxygen atoms in total. The standard InChI is InChI=1S/C29H44F3N3O6/c1-4-6-7-8-9-10-11-12-13-14-15-16-17-34(3)28(38)40-21-24-23(39-18-5-2)19-25(41-24)35-20-22(29(30,31)32)26(36)33-27(35)37/h2,20,23-25H,4,6-19,21H2,1,3H3,(H,33,36,37)/t23-,24+,25+/m0/s1. The lowest BCUT2D eigenvalue weighted by Crippen LogP contribution is -2.37. The Morgan fingerprint density at radius 1 is 1.10 bits per heavy atom. The number of H-pyrrole nitrogens is 1. The van der Waals surface area contributed by atoms with E-state index in [1.54, 1.807) is 12.0 Å². The number of nitrogens with one attached hydrogen (secondary N) is 1. The van der Waals surface area contributed by atoms with Crippen molar-refractivity contribution >= 4 is 6.09 Å². The molecule has 2 rings (SSSR count). The van der Waals surface area contributed by atoms with Crippen molar-refractivity contribution in [1.82, 2.24) is 14.5 Å². The van der Waals surface area contributed by atoms with Gasteiger partial charge in [0.1, 0.15) is 31.1 Å². The summed E-state index contributed by atoms with van der Waals surface area (Å²) in [5, 5.41) is 0. The molecule has 12 heteroatoms. The fourth-order valence-electron chi connectivity index (χ4n) is 4.80. The zero-order valence-electron chi connectivity index (χ0n) is 24.2. The van der Waals surface area contributed by atoms with Crippen molar-refractivity contribution in [1.29, 1.82) is 0 Å². The van der Waals surface area contributed by atoms with Crippen molar-refractivity contribution in [2.24, 2.45) is 0 Å². The maximum atomic E-state index is 13.2. The monoisotopic (exact) mass is 587 g/mol. The molecule has 0 aromatic carbocycles. The van der Waals surface area contributed by atoms with Crippen LogP contribution >= 0.6 is 0 Å². The molecule has 0 aliphatic carbocycles. The number of ether oxygens (including phenoxy) is 3. The van der Waals surface area contributed by atoms with E-state index in [4.69, 9.17) is 20.6 Å². The Morgan fingerprint density at radius 3 is 2.24 bits per heavy atom. The normalized spacial score (nSPS) is 18.8. The number of terminal acetylenes is 1. The van der Waals surface area contributed by atoms with E-state index in [1.807, 2.05) is 0 Å².